The summed E-state index contributed by atoms with van der Waals surface area (Å²) >= 11 is 0. The highest BCUT2D eigenvalue weighted by atomic mass is 31.2. The Labute approximate surface area is 855 Å². The van der Waals surface area contributed by atoms with Gasteiger partial charge in [0.05, 0.1) is 61.9 Å². The Bertz CT molecular complexity index is 9590. The predicted octanol–water partition coefficient (Wildman–Crippen LogP) is 32.9. The molecule has 0 bridgehead atoms. The molecule has 3 aliphatic rings. The summed E-state index contributed by atoms with van der Waals surface area (Å²) in [5.41, 5.74) is 30.3. The molecule has 0 amide bonds. The Morgan fingerprint density at radius 3 is 0.871 bits per heavy atom. The Balaban J connectivity index is 0.000000112. The van der Waals surface area contributed by atoms with Crippen LogP contribution in [-0.2, 0) is 13.7 Å². The molecule has 5 heterocycles. The van der Waals surface area contributed by atoms with Gasteiger partial charge in [-0.25, -0.2) is 0 Å². The minimum Gasteiger partial charge on any atom is -0.309 e. The van der Waals surface area contributed by atoms with Crippen LogP contribution < -0.4 is 62.4 Å². The molecule has 3 unspecified atom stereocenters. The van der Waals surface area contributed by atoms with E-state index >= 15 is 13.7 Å². The Morgan fingerprint density at radius 2 is 0.456 bits per heavy atom. The van der Waals surface area contributed by atoms with E-state index in [4.69, 9.17) is 0 Å². The van der Waals surface area contributed by atoms with Crippen LogP contribution in [0.25, 0.3) is 132 Å². The summed E-state index contributed by atoms with van der Waals surface area (Å²) in [6, 6.07) is 182. The summed E-state index contributed by atoms with van der Waals surface area (Å²) in [5, 5.41) is 19.9. The fourth-order valence-corrected chi connectivity index (χ4v) is 32.6. The van der Waals surface area contributed by atoms with Crippen molar-refractivity contribution in [1.82, 2.24) is 9.13 Å². The van der Waals surface area contributed by atoms with Crippen LogP contribution in [-0.4, -0.2) is 9.13 Å². The van der Waals surface area contributed by atoms with Crippen LogP contribution in [0.1, 0.15) is 22.3 Å². The van der Waals surface area contributed by atoms with E-state index in [9.17, 15) is 0 Å². The third-order valence-corrected chi connectivity index (χ3v) is 39.8. The van der Waals surface area contributed by atoms with Gasteiger partial charge < -0.3 is 37.5 Å². The standard InChI is InChI=1S/C48H32NOP.C46H37N2OP.C42H29N2OP/c50-51(36-20-5-2-6-21-36)45-29-14-13-28-43(45)49(35-18-3-1-4-19-35)44-32-34(30-31-46(44)51)47-39-23-9-11-25-41(39)48(42-26-12-10-24-40(42)47)38-27-15-17-33-16-7-8-22-37(33)38;1-30-32(3)46(48-39-23-13-11-21-37(39)38-22-12-14-24-40(38)48)33(4)31(2)45(30)34-27-28-44-42(29-34)47(35-17-7-5-8-18-35)41-25-15-16-26-43(41)50(44,49)36-19-9-6-10-20-36;45-46(34-18-8-3-9-19-34)41-23-13-12-22-39(41)44(33-16-6-2-7-17-33)40-29-31(25-27-42(40)46)30-24-26-38-36(28-30)35-20-10-11-21-37(35)43(38)32-14-4-1-5-15-32/h1-32H;5-29H,1-4H3;1-29H. The zero-order valence-electron chi connectivity index (χ0n) is 81.5. The Morgan fingerprint density at radius 1 is 0.177 bits per heavy atom. The molecule has 700 valence electrons. The highest BCUT2D eigenvalue weighted by Crippen LogP contribution is 2.60. The van der Waals surface area contributed by atoms with Gasteiger partial charge >= 0.3 is 0 Å². The van der Waals surface area contributed by atoms with Gasteiger partial charge in [-0.05, 0) is 278 Å². The van der Waals surface area contributed by atoms with Crippen LogP contribution in [0.4, 0.5) is 51.2 Å². The lowest BCUT2D eigenvalue weighted by atomic mass is 9.84. The molecule has 3 atom stereocenters. The average Bonchev–Trinajstić information content (AvgIpc) is 1.49. The van der Waals surface area contributed by atoms with Gasteiger partial charge in [0.1, 0.15) is 0 Å². The number of fused-ring (bicyclic) bond motifs is 15. The van der Waals surface area contributed by atoms with Gasteiger partial charge in [0.25, 0.3) is 0 Å². The minimum atomic E-state index is -3.22. The number of rotatable bonds is 12. The first-order valence-electron chi connectivity index (χ1n) is 50.2. The molecule has 0 radical (unpaired) electrons. The lowest BCUT2D eigenvalue weighted by Gasteiger charge is -2.38. The van der Waals surface area contributed by atoms with Crippen molar-refractivity contribution >= 4 is 196 Å². The fourth-order valence-electron chi connectivity index (χ4n) is 23.7. The monoisotopic (exact) mass is 1940 g/mol. The van der Waals surface area contributed by atoms with Crippen molar-refractivity contribution in [3.63, 3.8) is 0 Å². The second-order valence-electron chi connectivity index (χ2n) is 38.3. The molecule has 147 heavy (non-hydrogen) atoms. The van der Waals surface area contributed by atoms with Crippen LogP contribution in [0.3, 0.4) is 0 Å². The lowest BCUT2D eigenvalue weighted by Crippen LogP contribution is -2.36. The summed E-state index contributed by atoms with van der Waals surface area (Å²) in [5.74, 6) is 0. The van der Waals surface area contributed by atoms with Crippen molar-refractivity contribution in [2.24, 2.45) is 0 Å². The van der Waals surface area contributed by atoms with Gasteiger partial charge in [-0.1, -0.05) is 370 Å². The average molecular weight is 1940 g/mol. The summed E-state index contributed by atoms with van der Waals surface area (Å²) in [6.07, 6.45) is 0. The first-order valence-corrected chi connectivity index (χ1v) is 55.3. The summed E-state index contributed by atoms with van der Waals surface area (Å²) in [4.78, 5) is 6.86. The zero-order valence-corrected chi connectivity index (χ0v) is 84.1. The first-order chi connectivity index (χ1) is 72.3. The van der Waals surface area contributed by atoms with Gasteiger partial charge in [-0.3, -0.25) is 0 Å². The second-order valence-corrected chi connectivity index (χ2v) is 46.4. The Kier molecular flexibility index (Phi) is 22.2. The number of hydrogen-bond donors (Lipinski definition) is 0. The predicted molar refractivity (Wildman–Crippen MR) is 624 cm³/mol. The highest BCUT2D eigenvalue weighted by molar-refractivity contribution is 7.87. The van der Waals surface area contributed by atoms with E-state index in [1.54, 1.807) is 0 Å². The van der Waals surface area contributed by atoms with E-state index in [0.29, 0.717) is 0 Å². The first kappa shape index (κ1) is 89.6. The highest BCUT2D eigenvalue weighted by Gasteiger charge is 2.46. The van der Waals surface area contributed by atoms with E-state index in [1.165, 1.54) is 126 Å². The number of benzene rings is 23. The molecule has 0 fully saturated rings. The van der Waals surface area contributed by atoms with Crippen molar-refractivity contribution in [1.29, 1.82) is 0 Å². The van der Waals surface area contributed by atoms with Crippen LogP contribution in [0, 0.1) is 27.7 Å². The molecule has 23 aromatic carbocycles. The molecular formula is C136H98N5O3P3. The van der Waals surface area contributed by atoms with E-state index in [-0.39, 0.29) is 0 Å². The number of nitrogens with zero attached hydrogens (tertiary/aromatic N) is 5. The maximum atomic E-state index is 15.8. The molecule has 0 aliphatic carbocycles. The SMILES string of the molecule is Cc1c(C)c(-n2c3ccccc3c3ccccc32)c(C)c(C)c1-c1ccc2c(c1)N(c1ccccc1)c1ccccc1P2(=O)c1ccccc1.O=P1(c2ccccc2)c2ccccc2N(c2ccccc2)c2cc(-c3c4ccccc4c(-c4cccc5ccccc45)c4ccccc34)ccc21.O=P1(c2ccccc2)c2ccccc2N(c2ccccc2)c2cc(-c3ccc4c(c3)c3ccccc3n4-c3ccccc3)ccc21. The normalized spacial score (nSPS) is 15.3. The van der Waals surface area contributed by atoms with E-state index in [1.807, 2.05) is 164 Å². The van der Waals surface area contributed by atoms with Gasteiger partial charge in [0, 0.05) is 92.0 Å². The zero-order chi connectivity index (χ0) is 98.8. The van der Waals surface area contributed by atoms with E-state index < -0.39 is 21.4 Å². The van der Waals surface area contributed by atoms with E-state index in [2.05, 4.69) is 409 Å². The van der Waals surface area contributed by atoms with Crippen molar-refractivity contribution in [2.75, 3.05) is 14.7 Å². The van der Waals surface area contributed by atoms with Crippen LogP contribution in [0.2, 0.25) is 0 Å². The molecule has 3 aliphatic heterocycles. The van der Waals surface area contributed by atoms with Crippen molar-refractivity contribution in [3.05, 3.63) is 544 Å². The summed E-state index contributed by atoms with van der Waals surface area (Å²) in [6.45, 7) is 9.04. The van der Waals surface area contributed by atoms with Crippen molar-refractivity contribution < 1.29 is 13.7 Å². The minimum absolute atomic E-state index is 0.842. The second kappa shape index (κ2) is 36.4. The Hall–Kier alpha value is -17.5. The maximum Gasteiger partial charge on any atom is 0.175 e. The number of para-hydroxylation sites is 10. The molecule has 25 aromatic rings. The molecule has 0 spiro atoms. The van der Waals surface area contributed by atoms with Crippen LogP contribution in [0.15, 0.2) is 522 Å². The third-order valence-electron chi connectivity index (χ3n) is 30.4. The number of hydrogen-bond acceptors (Lipinski definition) is 6. The molecular weight excluding hydrogens is 1840 g/mol. The van der Waals surface area contributed by atoms with Crippen LogP contribution in [0.5, 0.6) is 0 Å². The quantitative estimate of drug-likeness (QED) is 0.0897. The number of anilines is 9. The molecule has 0 saturated carbocycles. The fraction of sp³-hybridized carbons (Fsp3) is 0.0294. The van der Waals surface area contributed by atoms with E-state index in [0.717, 1.165) is 127 Å². The van der Waals surface area contributed by atoms with Crippen molar-refractivity contribution in [3.8, 4) is 55.9 Å². The molecule has 8 nitrogen and oxygen atoms in total. The van der Waals surface area contributed by atoms with Crippen molar-refractivity contribution in [2.45, 2.75) is 27.7 Å². The molecule has 0 saturated heterocycles. The molecule has 2 aromatic heterocycles. The molecule has 28 rings (SSSR count). The molecule has 0 N–H and O–H groups in total. The largest absolute Gasteiger partial charge is 0.309 e. The third kappa shape index (κ3) is 14.4. The topological polar surface area (TPSA) is 70.8 Å². The molecule has 11 heteroatoms. The summed E-state index contributed by atoms with van der Waals surface area (Å²) < 4.78 is 51.8. The smallest absolute Gasteiger partial charge is 0.175 e. The number of aromatic nitrogens is 2. The lowest BCUT2D eigenvalue weighted by molar-refractivity contribution is 0.591. The van der Waals surface area contributed by atoms with Gasteiger partial charge in [-0.2, -0.15) is 0 Å². The summed E-state index contributed by atoms with van der Waals surface area (Å²) in [7, 11) is -9.58. The van der Waals surface area contributed by atoms with Gasteiger partial charge in [0.2, 0.25) is 0 Å². The van der Waals surface area contributed by atoms with Gasteiger partial charge in [-0.15, -0.1) is 0 Å². The van der Waals surface area contributed by atoms with Gasteiger partial charge in [0.15, 0.2) is 21.4 Å². The van der Waals surface area contributed by atoms with Crippen LogP contribution >= 0.6 is 21.4 Å². The maximum absolute atomic E-state index is 15.8.